The number of nitrogens with zero attached hydrogens (tertiary/aromatic N) is 1. The van der Waals surface area contributed by atoms with Crippen molar-refractivity contribution in [3.63, 3.8) is 0 Å². The lowest BCUT2D eigenvalue weighted by atomic mass is 9.98. The van der Waals surface area contributed by atoms with E-state index < -0.39 is 0 Å². The fourth-order valence-corrected chi connectivity index (χ4v) is 3.75. The number of ether oxygens (including phenoxy) is 4. The molecule has 27 heavy (non-hydrogen) atoms. The summed E-state index contributed by atoms with van der Waals surface area (Å²) in [7, 11) is 6.59. The largest absolute Gasteiger partial charge is 0.493 e. The second-order valence-corrected chi connectivity index (χ2v) is 6.96. The number of hydrogen-bond acceptors (Lipinski definition) is 5. The van der Waals surface area contributed by atoms with Crippen LogP contribution in [0.25, 0.3) is 0 Å². The summed E-state index contributed by atoms with van der Waals surface area (Å²) in [4.78, 5) is 2.43. The van der Waals surface area contributed by atoms with Crippen LogP contribution < -0.4 is 18.9 Å². The SMILES string of the molecule is COc1cc(Cl)c(CCN2CCc3cc(OC)c(OC)cc3C2)cc1OC. The van der Waals surface area contributed by atoms with Crippen LogP contribution >= 0.6 is 11.6 Å². The second-order valence-electron chi connectivity index (χ2n) is 6.55. The van der Waals surface area contributed by atoms with Crippen molar-refractivity contribution in [2.45, 2.75) is 19.4 Å². The molecule has 3 rings (SSSR count). The Bertz CT molecular complexity index is 809. The Morgan fingerprint density at radius 2 is 1.37 bits per heavy atom. The first-order chi connectivity index (χ1) is 13.1. The van der Waals surface area contributed by atoms with E-state index in [9.17, 15) is 0 Å². The van der Waals surface area contributed by atoms with E-state index in [4.69, 9.17) is 30.5 Å². The highest BCUT2D eigenvalue weighted by atomic mass is 35.5. The Morgan fingerprint density at radius 3 is 2.00 bits per heavy atom. The van der Waals surface area contributed by atoms with E-state index in [0.29, 0.717) is 16.5 Å². The summed E-state index contributed by atoms with van der Waals surface area (Å²) in [5, 5.41) is 0.705. The van der Waals surface area contributed by atoms with Gasteiger partial charge in [-0.05, 0) is 47.7 Å². The molecule has 6 heteroatoms. The molecule has 0 atom stereocenters. The van der Waals surface area contributed by atoms with Gasteiger partial charge in [0.25, 0.3) is 0 Å². The van der Waals surface area contributed by atoms with Gasteiger partial charge in [-0.3, -0.25) is 4.90 Å². The number of rotatable bonds is 7. The topological polar surface area (TPSA) is 40.2 Å². The summed E-state index contributed by atoms with van der Waals surface area (Å²) in [6.07, 6.45) is 1.84. The van der Waals surface area contributed by atoms with E-state index in [1.54, 1.807) is 28.4 Å². The molecule has 1 aliphatic rings. The van der Waals surface area contributed by atoms with Gasteiger partial charge in [-0.2, -0.15) is 0 Å². The molecule has 2 aromatic rings. The first-order valence-corrected chi connectivity index (χ1v) is 9.34. The fourth-order valence-electron chi connectivity index (χ4n) is 3.50. The van der Waals surface area contributed by atoms with E-state index in [1.807, 2.05) is 12.1 Å². The Hall–Kier alpha value is -2.11. The number of fused-ring (bicyclic) bond motifs is 1. The second kappa shape index (κ2) is 8.72. The van der Waals surface area contributed by atoms with Crippen LogP contribution in [-0.4, -0.2) is 46.4 Å². The first-order valence-electron chi connectivity index (χ1n) is 8.96. The molecule has 0 N–H and O–H groups in total. The van der Waals surface area contributed by atoms with Gasteiger partial charge >= 0.3 is 0 Å². The van der Waals surface area contributed by atoms with Crippen molar-refractivity contribution in [3.8, 4) is 23.0 Å². The van der Waals surface area contributed by atoms with Crippen molar-refractivity contribution >= 4 is 11.6 Å². The van der Waals surface area contributed by atoms with Gasteiger partial charge in [-0.1, -0.05) is 11.6 Å². The predicted molar refractivity (Wildman–Crippen MR) is 107 cm³/mol. The Morgan fingerprint density at radius 1 is 0.815 bits per heavy atom. The summed E-state index contributed by atoms with van der Waals surface area (Å²) in [5.74, 6) is 2.93. The van der Waals surface area contributed by atoms with Crippen molar-refractivity contribution in [2.24, 2.45) is 0 Å². The maximum absolute atomic E-state index is 6.42. The normalized spacial score (nSPS) is 13.8. The van der Waals surface area contributed by atoms with E-state index in [2.05, 4.69) is 17.0 Å². The molecule has 2 aromatic carbocycles. The minimum Gasteiger partial charge on any atom is -0.493 e. The average Bonchev–Trinajstić information content (AvgIpc) is 2.71. The highest BCUT2D eigenvalue weighted by Crippen LogP contribution is 2.35. The van der Waals surface area contributed by atoms with E-state index in [0.717, 1.165) is 49.5 Å². The summed E-state index contributed by atoms with van der Waals surface area (Å²) >= 11 is 6.42. The van der Waals surface area contributed by atoms with E-state index >= 15 is 0 Å². The molecule has 1 heterocycles. The van der Waals surface area contributed by atoms with Gasteiger partial charge in [-0.15, -0.1) is 0 Å². The minimum absolute atomic E-state index is 0.652. The quantitative estimate of drug-likeness (QED) is 0.714. The van der Waals surface area contributed by atoms with Crippen LogP contribution in [0.4, 0.5) is 0 Å². The van der Waals surface area contributed by atoms with Gasteiger partial charge < -0.3 is 18.9 Å². The molecule has 5 nitrogen and oxygen atoms in total. The third-order valence-corrected chi connectivity index (χ3v) is 5.40. The average molecular weight is 392 g/mol. The fraction of sp³-hybridized carbons (Fsp3) is 0.429. The van der Waals surface area contributed by atoms with Crippen molar-refractivity contribution in [3.05, 3.63) is 46.0 Å². The molecular weight excluding hydrogens is 366 g/mol. The highest BCUT2D eigenvalue weighted by Gasteiger charge is 2.20. The predicted octanol–water partition coefficient (Wildman–Crippen LogP) is 3.98. The van der Waals surface area contributed by atoms with Crippen LogP contribution in [0.5, 0.6) is 23.0 Å². The lowest BCUT2D eigenvalue weighted by Gasteiger charge is -2.29. The van der Waals surface area contributed by atoms with Crippen molar-refractivity contribution in [1.82, 2.24) is 4.90 Å². The van der Waals surface area contributed by atoms with Crippen LogP contribution in [0.1, 0.15) is 16.7 Å². The summed E-state index contributed by atoms with van der Waals surface area (Å²) < 4.78 is 21.6. The van der Waals surface area contributed by atoms with Gasteiger partial charge in [0.05, 0.1) is 28.4 Å². The molecule has 0 aliphatic carbocycles. The van der Waals surface area contributed by atoms with Crippen LogP contribution in [0, 0.1) is 0 Å². The van der Waals surface area contributed by atoms with Gasteiger partial charge in [0, 0.05) is 30.7 Å². The minimum atomic E-state index is 0.652. The number of halogens is 1. The van der Waals surface area contributed by atoms with E-state index in [-0.39, 0.29) is 0 Å². The third kappa shape index (κ3) is 4.25. The molecule has 0 unspecified atom stereocenters. The summed E-state index contributed by atoms with van der Waals surface area (Å²) in [6.45, 7) is 2.82. The first kappa shape index (κ1) is 19.6. The molecule has 0 saturated heterocycles. The molecule has 0 fully saturated rings. The Balaban J connectivity index is 1.70. The number of methoxy groups -OCH3 is 4. The number of hydrogen-bond donors (Lipinski definition) is 0. The van der Waals surface area contributed by atoms with Gasteiger partial charge in [-0.25, -0.2) is 0 Å². The lowest BCUT2D eigenvalue weighted by Crippen LogP contribution is -2.32. The monoisotopic (exact) mass is 391 g/mol. The van der Waals surface area contributed by atoms with Crippen LogP contribution in [0.15, 0.2) is 24.3 Å². The van der Waals surface area contributed by atoms with Gasteiger partial charge in [0.15, 0.2) is 23.0 Å². The molecule has 0 saturated carbocycles. The number of benzene rings is 2. The van der Waals surface area contributed by atoms with Crippen molar-refractivity contribution < 1.29 is 18.9 Å². The van der Waals surface area contributed by atoms with Crippen LogP contribution in [-0.2, 0) is 19.4 Å². The zero-order chi connectivity index (χ0) is 19.4. The molecule has 0 radical (unpaired) electrons. The standard InChI is InChI=1S/C21H26ClNO4/c1-24-18-9-14-5-7-23(13-16(14)11-20(18)26-3)8-6-15-10-19(25-2)21(27-4)12-17(15)22/h9-12H,5-8,13H2,1-4H3. The lowest BCUT2D eigenvalue weighted by molar-refractivity contribution is 0.255. The molecule has 1 aliphatic heterocycles. The maximum atomic E-state index is 6.42. The zero-order valence-electron chi connectivity index (χ0n) is 16.3. The summed E-state index contributed by atoms with van der Waals surface area (Å²) in [6, 6.07) is 7.96. The van der Waals surface area contributed by atoms with Crippen LogP contribution in [0.3, 0.4) is 0 Å². The molecular formula is C21H26ClNO4. The molecule has 0 aromatic heterocycles. The maximum Gasteiger partial charge on any atom is 0.162 e. The highest BCUT2D eigenvalue weighted by molar-refractivity contribution is 6.31. The molecule has 0 amide bonds. The smallest absolute Gasteiger partial charge is 0.162 e. The van der Waals surface area contributed by atoms with Crippen molar-refractivity contribution in [1.29, 1.82) is 0 Å². The molecule has 0 spiro atoms. The third-order valence-electron chi connectivity index (χ3n) is 5.05. The van der Waals surface area contributed by atoms with Gasteiger partial charge in [0.2, 0.25) is 0 Å². The zero-order valence-corrected chi connectivity index (χ0v) is 17.1. The van der Waals surface area contributed by atoms with E-state index in [1.165, 1.54) is 11.1 Å². The van der Waals surface area contributed by atoms with Crippen LogP contribution in [0.2, 0.25) is 5.02 Å². The Labute approximate surface area is 165 Å². The van der Waals surface area contributed by atoms with Crippen molar-refractivity contribution in [2.75, 3.05) is 41.5 Å². The summed E-state index contributed by atoms with van der Waals surface area (Å²) in [5.41, 5.74) is 3.68. The molecule has 146 valence electrons. The Kier molecular flexibility index (Phi) is 6.34. The molecule has 0 bridgehead atoms. The van der Waals surface area contributed by atoms with Gasteiger partial charge in [0.1, 0.15) is 0 Å².